The molecule has 0 radical (unpaired) electrons. The van der Waals surface area contributed by atoms with E-state index in [2.05, 4.69) is 11.4 Å². The fourth-order valence-corrected chi connectivity index (χ4v) is 2.99. The van der Waals surface area contributed by atoms with Crippen LogP contribution in [0.25, 0.3) is 0 Å². The van der Waals surface area contributed by atoms with Crippen LogP contribution in [-0.4, -0.2) is 41.1 Å². The van der Waals surface area contributed by atoms with Crippen molar-refractivity contribution in [3.63, 3.8) is 0 Å². The third-order valence-corrected chi connectivity index (χ3v) is 4.16. The molecule has 2 N–H and O–H groups in total. The Labute approximate surface area is 120 Å². The third-order valence-electron chi connectivity index (χ3n) is 4.16. The summed E-state index contributed by atoms with van der Waals surface area (Å²) < 4.78 is 0. The van der Waals surface area contributed by atoms with Gasteiger partial charge in [0, 0.05) is 13.1 Å². The second-order valence-electron chi connectivity index (χ2n) is 5.63. The molecule has 1 aliphatic heterocycles. The summed E-state index contributed by atoms with van der Waals surface area (Å²) in [5.74, 6) is -0.894. The number of carboxylic acid groups (broad SMARTS) is 1. The number of rotatable bonds is 4. The van der Waals surface area contributed by atoms with E-state index < -0.39 is 12.0 Å². The molecule has 0 aromatic heterocycles. The molecule has 1 atom stereocenters. The summed E-state index contributed by atoms with van der Waals surface area (Å²) in [4.78, 5) is 24.7. The Morgan fingerprint density at radius 1 is 1.30 bits per heavy atom. The first kappa shape index (κ1) is 14.9. The predicted molar refractivity (Wildman–Crippen MR) is 76.5 cm³/mol. The average molecular weight is 280 g/mol. The Balaban J connectivity index is 1.78. The molecule has 1 heterocycles. The van der Waals surface area contributed by atoms with E-state index >= 15 is 0 Å². The zero-order valence-corrected chi connectivity index (χ0v) is 11.9. The maximum atomic E-state index is 12.1. The second-order valence-corrected chi connectivity index (χ2v) is 5.63. The first-order valence-corrected chi connectivity index (χ1v) is 7.63. The Bertz CT molecular complexity index is 393. The summed E-state index contributed by atoms with van der Waals surface area (Å²) >= 11 is 0. The number of aliphatic carboxylic acids is 1. The van der Waals surface area contributed by atoms with Gasteiger partial charge in [-0.15, -0.1) is 0 Å². The van der Waals surface area contributed by atoms with Gasteiger partial charge in [-0.05, 0) is 51.4 Å². The molecule has 2 aliphatic rings. The minimum absolute atomic E-state index is 0.228. The van der Waals surface area contributed by atoms with E-state index in [4.69, 9.17) is 5.11 Å². The largest absolute Gasteiger partial charge is 0.480 e. The van der Waals surface area contributed by atoms with E-state index in [9.17, 15) is 9.59 Å². The molecule has 1 fully saturated rings. The van der Waals surface area contributed by atoms with Gasteiger partial charge in [-0.3, -0.25) is 0 Å². The van der Waals surface area contributed by atoms with Crippen LogP contribution in [-0.2, 0) is 4.79 Å². The van der Waals surface area contributed by atoms with Crippen LogP contribution in [0.15, 0.2) is 11.6 Å². The molecule has 5 heteroatoms. The van der Waals surface area contributed by atoms with E-state index in [1.807, 2.05) is 0 Å². The molecular formula is C15H24N2O3. The highest BCUT2D eigenvalue weighted by Crippen LogP contribution is 2.20. The highest BCUT2D eigenvalue weighted by atomic mass is 16.4. The fraction of sp³-hybridized carbons (Fsp3) is 0.733. The highest BCUT2D eigenvalue weighted by Gasteiger charge is 2.31. The van der Waals surface area contributed by atoms with Crippen LogP contribution in [0, 0.1) is 0 Å². The van der Waals surface area contributed by atoms with Crippen LogP contribution < -0.4 is 5.32 Å². The smallest absolute Gasteiger partial charge is 0.326 e. The number of allylic oxidation sites excluding steroid dienone is 1. The van der Waals surface area contributed by atoms with Crippen molar-refractivity contribution in [1.82, 2.24) is 10.2 Å². The SMILES string of the molecule is O=C(O)C1CCCCN1C(=O)NCCC1=CCCCC1. The van der Waals surface area contributed by atoms with Gasteiger partial charge in [-0.25, -0.2) is 9.59 Å². The molecule has 0 aromatic rings. The summed E-state index contributed by atoms with van der Waals surface area (Å²) in [6.45, 7) is 1.15. The molecule has 1 saturated heterocycles. The molecule has 2 amide bonds. The molecule has 0 spiro atoms. The highest BCUT2D eigenvalue weighted by molar-refractivity contribution is 5.82. The lowest BCUT2D eigenvalue weighted by molar-refractivity contribution is -0.143. The van der Waals surface area contributed by atoms with Crippen molar-refractivity contribution in [1.29, 1.82) is 0 Å². The Morgan fingerprint density at radius 2 is 2.15 bits per heavy atom. The number of hydrogen-bond donors (Lipinski definition) is 2. The number of likely N-dealkylation sites (tertiary alicyclic amines) is 1. The number of amides is 2. The maximum absolute atomic E-state index is 12.1. The molecule has 0 aromatic carbocycles. The monoisotopic (exact) mass is 280 g/mol. The van der Waals surface area contributed by atoms with Crippen LogP contribution in [0.3, 0.4) is 0 Å². The van der Waals surface area contributed by atoms with Crippen LogP contribution in [0.4, 0.5) is 4.79 Å². The van der Waals surface area contributed by atoms with Gasteiger partial charge in [0.05, 0.1) is 0 Å². The van der Waals surface area contributed by atoms with Crippen LogP contribution in [0.2, 0.25) is 0 Å². The van der Waals surface area contributed by atoms with Crippen molar-refractivity contribution in [3.05, 3.63) is 11.6 Å². The minimum atomic E-state index is -0.894. The van der Waals surface area contributed by atoms with Crippen molar-refractivity contribution in [2.75, 3.05) is 13.1 Å². The van der Waals surface area contributed by atoms with Gasteiger partial charge in [0.2, 0.25) is 0 Å². The van der Waals surface area contributed by atoms with Gasteiger partial charge in [0.25, 0.3) is 0 Å². The molecule has 1 unspecified atom stereocenters. The van der Waals surface area contributed by atoms with Crippen molar-refractivity contribution in [3.8, 4) is 0 Å². The number of carbonyl (C=O) groups is 2. The Kier molecular flexibility index (Phi) is 5.44. The summed E-state index contributed by atoms with van der Waals surface area (Å²) in [7, 11) is 0. The fourth-order valence-electron chi connectivity index (χ4n) is 2.99. The lowest BCUT2D eigenvalue weighted by Gasteiger charge is -2.32. The van der Waals surface area contributed by atoms with Crippen molar-refractivity contribution in [2.24, 2.45) is 0 Å². The van der Waals surface area contributed by atoms with E-state index in [1.165, 1.54) is 23.3 Å². The molecule has 0 bridgehead atoms. The first-order valence-electron chi connectivity index (χ1n) is 7.63. The van der Waals surface area contributed by atoms with Gasteiger partial charge in [0.1, 0.15) is 6.04 Å². The van der Waals surface area contributed by atoms with Gasteiger partial charge in [-0.2, -0.15) is 0 Å². The molecule has 2 rings (SSSR count). The third kappa shape index (κ3) is 3.99. The number of carbonyl (C=O) groups excluding carboxylic acids is 1. The summed E-state index contributed by atoms with van der Waals surface area (Å²) in [6, 6.07) is -0.883. The zero-order valence-electron chi connectivity index (χ0n) is 11.9. The average Bonchev–Trinajstić information content (AvgIpc) is 2.48. The number of urea groups is 1. The van der Waals surface area contributed by atoms with Gasteiger partial charge < -0.3 is 15.3 Å². The maximum Gasteiger partial charge on any atom is 0.326 e. The summed E-state index contributed by atoms with van der Waals surface area (Å²) in [5.41, 5.74) is 1.42. The summed E-state index contributed by atoms with van der Waals surface area (Å²) in [5, 5.41) is 12.0. The van der Waals surface area contributed by atoms with Crippen LogP contribution >= 0.6 is 0 Å². The number of carboxylic acids is 1. The normalized spacial score (nSPS) is 23.1. The van der Waals surface area contributed by atoms with E-state index in [1.54, 1.807) is 0 Å². The number of piperidine rings is 1. The van der Waals surface area contributed by atoms with Crippen molar-refractivity contribution >= 4 is 12.0 Å². The van der Waals surface area contributed by atoms with Crippen molar-refractivity contribution < 1.29 is 14.7 Å². The minimum Gasteiger partial charge on any atom is -0.480 e. The van der Waals surface area contributed by atoms with Crippen molar-refractivity contribution in [2.45, 2.75) is 57.4 Å². The second kappa shape index (κ2) is 7.31. The first-order chi connectivity index (χ1) is 9.68. The number of nitrogens with zero attached hydrogens (tertiary/aromatic N) is 1. The summed E-state index contributed by atoms with van der Waals surface area (Å²) in [6.07, 6.45) is 10.3. The topological polar surface area (TPSA) is 69.6 Å². The predicted octanol–water partition coefficient (Wildman–Crippen LogP) is 2.53. The zero-order chi connectivity index (χ0) is 14.4. The Hall–Kier alpha value is -1.52. The lowest BCUT2D eigenvalue weighted by Crippen LogP contribution is -2.52. The molecule has 20 heavy (non-hydrogen) atoms. The quantitative estimate of drug-likeness (QED) is 0.777. The molecule has 1 aliphatic carbocycles. The van der Waals surface area contributed by atoms with Crippen LogP contribution in [0.1, 0.15) is 51.4 Å². The molecule has 5 nitrogen and oxygen atoms in total. The number of hydrogen-bond acceptors (Lipinski definition) is 2. The van der Waals surface area contributed by atoms with Crippen LogP contribution in [0.5, 0.6) is 0 Å². The van der Waals surface area contributed by atoms with E-state index in [0.717, 1.165) is 32.1 Å². The molecule has 0 saturated carbocycles. The van der Waals surface area contributed by atoms with Gasteiger partial charge >= 0.3 is 12.0 Å². The van der Waals surface area contributed by atoms with Gasteiger partial charge in [0.15, 0.2) is 0 Å². The van der Waals surface area contributed by atoms with E-state index in [-0.39, 0.29) is 6.03 Å². The number of nitrogens with one attached hydrogen (secondary N) is 1. The Morgan fingerprint density at radius 3 is 2.85 bits per heavy atom. The van der Waals surface area contributed by atoms with Gasteiger partial charge in [-0.1, -0.05) is 11.6 Å². The standard InChI is InChI=1S/C15H24N2O3/c18-14(19)13-8-4-5-11-17(13)15(20)16-10-9-12-6-2-1-3-7-12/h6,13H,1-5,7-11H2,(H,16,20)(H,18,19). The molecule has 112 valence electrons. The van der Waals surface area contributed by atoms with E-state index in [0.29, 0.717) is 19.5 Å². The molecular weight excluding hydrogens is 256 g/mol. The lowest BCUT2D eigenvalue weighted by atomic mass is 9.97.